The van der Waals surface area contributed by atoms with Crippen molar-refractivity contribution in [3.05, 3.63) is 90.0 Å². The minimum absolute atomic E-state index is 0.0711. The second kappa shape index (κ2) is 7.05. The number of hydrogen-bond donors (Lipinski definition) is 0. The average molecular weight is 386 g/mol. The highest BCUT2D eigenvalue weighted by Gasteiger charge is 2.29. The molecule has 26 heavy (non-hydrogen) atoms. The highest BCUT2D eigenvalue weighted by Crippen LogP contribution is 2.31. The van der Waals surface area contributed by atoms with Crippen LogP contribution in [0.2, 0.25) is 0 Å². The van der Waals surface area contributed by atoms with Crippen LogP contribution in [0.5, 0.6) is 0 Å². The van der Waals surface area contributed by atoms with Crippen LogP contribution in [0.1, 0.15) is 11.1 Å². The lowest BCUT2D eigenvalue weighted by Gasteiger charge is -2.14. The van der Waals surface area contributed by atoms with Crippen molar-refractivity contribution in [2.45, 2.75) is 27.4 Å². The first kappa shape index (κ1) is 18.4. The maximum absolute atomic E-state index is 13.1. The zero-order valence-corrected chi connectivity index (χ0v) is 15.8. The third-order valence-electron chi connectivity index (χ3n) is 4.03. The maximum atomic E-state index is 13.1. The number of rotatable bonds is 5. The molecule has 0 aromatic heterocycles. The summed E-state index contributed by atoms with van der Waals surface area (Å²) in [4.78, 5) is -0.242. The van der Waals surface area contributed by atoms with Crippen molar-refractivity contribution >= 4 is 19.7 Å². The number of aryl methyl sites for hydroxylation is 1. The molecule has 0 aliphatic heterocycles. The van der Waals surface area contributed by atoms with Crippen LogP contribution in [0.15, 0.2) is 93.5 Å². The minimum atomic E-state index is -3.95. The molecule has 3 aromatic rings. The fourth-order valence-electron chi connectivity index (χ4n) is 2.83. The van der Waals surface area contributed by atoms with Crippen LogP contribution in [0.25, 0.3) is 0 Å². The standard InChI is InChI=1S/C20H18O4S2/c1-16-9-8-14-19(26(23,24)18-12-6-3-7-13-18)20(16)25(21,22)15-17-10-4-2-5-11-17/h2-14H,15H2,1H3. The van der Waals surface area contributed by atoms with Gasteiger partial charge in [0, 0.05) is 0 Å². The average Bonchev–Trinajstić information content (AvgIpc) is 2.62. The summed E-state index contributed by atoms with van der Waals surface area (Å²) in [7, 11) is -7.79. The Morgan fingerprint density at radius 1 is 0.692 bits per heavy atom. The molecule has 0 amide bonds. The van der Waals surface area contributed by atoms with Gasteiger partial charge in [-0.25, -0.2) is 16.8 Å². The second-order valence-corrected chi connectivity index (χ2v) is 9.81. The Kier molecular flexibility index (Phi) is 4.98. The third kappa shape index (κ3) is 3.57. The molecule has 0 N–H and O–H groups in total. The molecular weight excluding hydrogens is 368 g/mol. The summed E-state index contributed by atoms with van der Waals surface area (Å²) in [5.74, 6) is -0.254. The van der Waals surface area contributed by atoms with Crippen LogP contribution < -0.4 is 0 Å². The molecule has 0 fully saturated rings. The Morgan fingerprint density at radius 3 is 1.88 bits per heavy atom. The Labute approximate surface area is 154 Å². The summed E-state index contributed by atoms with van der Waals surface area (Å²) in [6.45, 7) is 1.61. The summed E-state index contributed by atoms with van der Waals surface area (Å²) in [6, 6.07) is 21.1. The van der Waals surface area contributed by atoms with Crippen molar-refractivity contribution in [2.24, 2.45) is 0 Å². The van der Waals surface area contributed by atoms with Gasteiger partial charge in [-0.15, -0.1) is 0 Å². The van der Waals surface area contributed by atoms with Crippen molar-refractivity contribution in [1.29, 1.82) is 0 Å². The molecule has 0 bridgehead atoms. The van der Waals surface area contributed by atoms with Gasteiger partial charge in [-0.1, -0.05) is 60.7 Å². The van der Waals surface area contributed by atoms with Crippen LogP contribution in [0.3, 0.4) is 0 Å². The molecule has 0 aliphatic rings. The first-order chi connectivity index (χ1) is 12.3. The smallest absolute Gasteiger partial charge is 0.207 e. The molecule has 0 saturated carbocycles. The van der Waals surface area contributed by atoms with Gasteiger partial charge in [0.2, 0.25) is 9.84 Å². The highest BCUT2D eigenvalue weighted by molar-refractivity contribution is 7.94. The van der Waals surface area contributed by atoms with Crippen molar-refractivity contribution in [1.82, 2.24) is 0 Å². The predicted octanol–water partition coefficient (Wildman–Crippen LogP) is 3.80. The van der Waals surface area contributed by atoms with E-state index in [0.717, 1.165) is 0 Å². The molecule has 0 heterocycles. The molecule has 0 saturated heterocycles. The molecule has 0 spiro atoms. The number of sulfone groups is 2. The maximum Gasteiger partial charge on any atom is 0.207 e. The van der Waals surface area contributed by atoms with E-state index in [4.69, 9.17) is 0 Å². The minimum Gasteiger partial charge on any atom is -0.223 e. The molecule has 0 aliphatic carbocycles. The van der Waals surface area contributed by atoms with Gasteiger partial charge in [-0.05, 0) is 36.2 Å². The molecule has 0 atom stereocenters. The van der Waals surface area contributed by atoms with E-state index < -0.39 is 19.7 Å². The van der Waals surface area contributed by atoms with Crippen LogP contribution in [0, 0.1) is 6.92 Å². The number of hydrogen-bond acceptors (Lipinski definition) is 4. The van der Waals surface area contributed by atoms with Gasteiger partial charge in [0.05, 0.1) is 20.4 Å². The molecule has 3 aromatic carbocycles. The van der Waals surface area contributed by atoms with Crippen molar-refractivity contribution in [3.63, 3.8) is 0 Å². The van der Waals surface area contributed by atoms with Gasteiger partial charge in [-0.2, -0.15) is 0 Å². The largest absolute Gasteiger partial charge is 0.223 e. The van der Waals surface area contributed by atoms with E-state index >= 15 is 0 Å². The van der Waals surface area contributed by atoms with Crippen LogP contribution in [0.4, 0.5) is 0 Å². The Morgan fingerprint density at radius 2 is 1.27 bits per heavy atom. The summed E-state index contributed by atoms with van der Waals surface area (Å²) in [5, 5.41) is 0. The fourth-order valence-corrected chi connectivity index (χ4v) is 6.68. The molecular formula is C20H18O4S2. The van der Waals surface area contributed by atoms with Gasteiger partial charge < -0.3 is 0 Å². The Bertz CT molecular complexity index is 1120. The molecule has 4 nitrogen and oxygen atoms in total. The molecule has 0 radical (unpaired) electrons. The van der Waals surface area contributed by atoms with Crippen LogP contribution in [-0.2, 0) is 25.4 Å². The molecule has 3 rings (SSSR count). The van der Waals surface area contributed by atoms with E-state index in [2.05, 4.69) is 0 Å². The van der Waals surface area contributed by atoms with E-state index in [1.54, 1.807) is 67.6 Å². The van der Waals surface area contributed by atoms with E-state index in [0.29, 0.717) is 11.1 Å². The quantitative estimate of drug-likeness (QED) is 0.669. The van der Waals surface area contributed by atoms with Gasteiger partial charge >= 0.3 is 0 Å². The second-order valence-electron chi connectivity index (χ2n) is 5.96. The SMILES string of the molecule is Cc1cccc(S(=O)(=O)c2ccccc2)c1S(=O)(=O)Cc1ccccc1. The lowest BCUT2D eigenvalue weighted by Crippen LogP contribution is -2.13. The lowest BCUT2D eigenvalue weighted by atomic mass is 10.2. The van der Waals surface area contributed by atoms with Crippen molar-refractivity contribution in [3.8, 4) is 0 Å². The van der Waals surface area contributed by atoms with Crippen LogP contribution in [-0.4, -0.2) is 16.8 Å². The first-order valence-corrected chi connectivity index (χ1v) is 11.1. The molecule has 0 unspecified atom stereocenters. The third-order valence-corrected chi connectivity index (χ3v) is 7.85. The first-order valence-electron chi connectivity index (χ1n) is 7.99. The van der Waals surface area contributed by atoms with Crippen molar-refractivity contribution in [2.75, 3.05) is 0 Å². The highest BCUT2D eigenvalue weighted by atomic mass is 32.2. The summed E-state index contributed by atoms with van der Waals surface area (Å²) in [6.07, 6.45) is 0. The summed E-state index contributed by atoms with van der Waals surface area (Å²) >= 11 is 0. The van der Waals surface area contributed by atoms with Gasteiger partial charge in [0.15, 0.2) is 9.84 Å². The van der Waals surface area contributed by atoms with Gasteiger partial charge in [0.1, 0.15) is 0 Å². The normalized spacial score (nSPS) is 12.0. The topological polar surface area (TPSA) is 68.3 Å². The van der Waals surface area contributed by atoms with Crippen molar-refractivity contribution < 1.29 is 16.8 Å². The predicted molar refractivity (Wildman–Crippen MR) is 100 cm³/mol. The summed E-state index contributed by atoms with van der Waals surface area (Å²) < 4.78 is 52.2. The zero-order chi connectivity index (χ0) is 18.8. The van der Waals surface area contributed by atoms with E-state index in [-0.39, 0.29) is 20.4 Å². The Hall–Kier alpha value is -2.44. The van der Waals surface area contributed by atoms with E-state index in [1.807, 2.05) is 0 Å². The van der Waals surface area contributed by atoms with E-state index in [9.17, 15) is 16.8 Å². The summed E-state index contributed by atoms with van der Waals surface area (Å²) in [5.41, 5.74) is 1.02. The monoisotopic (exact) mass is 386 g/mol. The van der Waals surface area contributed by atoms with Crippen LogP contribution >= 0.6 is 0 Å². The number of benzene rings is 3. The lowest BCUT2D eigenvalue weighted by molar-refractivity contribution is 0.581. The van der Waals surface area contributed by atoms with Gasteiger partial charge in [-0.3, -0.25) is 0 Å². The van der Waals surface area contributed by atoms with E-state index in [1.165, 1.54) is 18.2 Å². The van der Waals surface area contributed by atoms with Gasteiger partial charge in [0.25, 0.3) is 0 Å². The Balaban J connectivity index is 2.18. The zero-order valence-electron chi connectivity index (χ0n) is 14.2. The fraction of sp³-hybridized carbons (Fsp3) is 0.100. The molecule has 134 valence electrons. The molecule has 6 heteroatoms.